The van der Waals surface area contributed by atoms with E-state index in [0.29, 0.717) is 6.04 Å². The first-order valence-electron chi connectivity index (χ1n) is 6.10. The van der Waals surface area contributed by atoms with Crippen LogP contribution < -0.4 is 5.32 Å². The first kappa shape index (κ1) is 14.7. The van der Waals surface area contributed by atoms with Crippen molar-refractivity contribution in [3.63, 3.8) is 0 Å². The maximum atomic E-state index is 5.45. The van der Waals surface area contributed by atoms with Crippen molar-refractivity contribution >= 4 is 15.9 Å². The monoisotopic (exact) mass is 302 g/mol. The Balaban J connectivity index is 2.31. The Morgan fingerprint density at radius 1 is 1.35 bits per heavy atom. The summed E-state index contributed by atoms with van der Waals surface area (Å²) < 4.78 is 6.24. The second kappa shape index (κ2) is 7.19. The van der Waals surface area contributed by atoms with Crippen LogP contribution >= 0.6 is 15.9 Å². The van der Waals surface area contributed by atoms with Crippen LogP contribution in [-0.4, -0.2) is 31.6 Å². The van der Waals surface area contributed by atoms with Crippen molar-refractivity contribution in [1.82, 2.24) is 10.2 Å². The Kier molecular flexibility index (Phi) is 6.23. The minimum atomic E-state index is 0.577. The van der Waals surface area contributed by atoms with Crippen molar-refractivity contribution in [3.8, 4) is 0 Å². The van der Waals surface area contributed by atoms with Gasteiger partial charge in [0, 0.05) is 12.6 Å². The van der Waals surface area contributed by atoms with Gasteiger partial charge in [0.1, 0.15) is 5.76 Å². The molecule has 0 amide bonds. The molecule has 1 heterocycles. The predicted octanol–water partition coefficient (Wildman–Crippen LogP) is 3.11. The average molecular weight is 303 g/mol. The van der Waals surface area contributed by atoms with E-state index in [4.69, 9.17) is 4.42 Å². The summed E-state index contributed by atoms with van der Waals surface area (Å²) in [7, 11) is 4.27. The van der Waals surface area contributed by atoms with Crippen LogP contribution in [0.25, 0.3) is 0 Å². The topological polar surface area (TPSA) is 28.4 Å². The molecule has 0 saturated heterocycles. The number of hydrogen-bond donors (Lipinski definition) is 1. The van der Waals surface area contributed by atoms with Gasteiger partial charge in [-0.3, -0.25) is 0 Å². The van der Waals surface area contributed by atoms with Crippen molar-refractivity contribution in [2.75, 3.05) is 20.6 Å². The van der Waals surface area contributed by atoms with E-state index in [-0.39, 0.29) is 0 Å². The fraction of sp³-hybridized carbons (Fsp3) is 0.692. The van der Waals surface area contributed by atoms with Gasteiger partial charge in [-0.15, -0.1) is 0 Å². The van der Waals surface area contributed by atoms with Gasteiger partial charge in [0.2, 0.25) is 0 Å². The smallest absolute Gasteiger partial charge is 0.169 e. The average Bonchev–Trinajstić information content (AvgIpc) is 2.62. The maximum Gasteiger partial charge on any atom is 0.169 e. The number of nitrogens with one attached hydrogen (secondary N) is 1. The molecule has 1 N–H and O–H groups in total. The molecule has 4 heteroatoms. The van der Waals surface area contributed by atoms with E-state index in [2.05, 4.69) is 54.1 Å². The lowest BCUT2D eigenvalue weighted by Gasteiger charge is -2.26. The highest BCUT2D eigenvalue weighted by Gasteiger charge is 2.12. The van der Waals surface area contributed by atoms with Crippen molar-refractivity contribution in [2.45, 2.75) is 32.9 Å². The van der Waals surface area contributed by atoms with E-state index in [1.807, 2.05) is 12.1 Å². The first-order chi connectivity index (χ1) is 7.99. The number of rotatable bonds is 7. The van der Waals surface area contributed by atoms with Gasteiger partial charge < -0.3 is 14.6 Å². The SMILES string of the molecule is CC(C)CC(CNCc1ccc(Br)o1)N(C)C. The molecule has 0 saturated carbocycles. The van der Waals surface area contributed by atoms with Crippen LogP contribution in [0.15, 0.2) is 21.2 Å². The predicted molar refractivity (Wildman–Crippen MR) is 75.0 cm³/mol. The van der Waals surface area contributed by atoms with Gasteiger partial charge in [-0.1, -0.05) is 13.8 Å². The molecule has 1 rings (SSSR count). The van der Waals surface area contributed by atoms with Crippen LogP contribution in [0, 0.1) is 5.92 Å². The number of nitrogens with zero attached hydrogens (tertiary/aromatic N) is 1. The van der Waals surface area contributed by atoms with Gasteiger partial charge in [-0.25, -0.2) is 0 Å². The summed E-state index contributed by atoms with van der Waals surface area (Å²) in [6.07, 6.45) is 1.21. The largest absolute Gasteiger partial charge is 0.453 e. The van der Waals surface area contributed by atoms with Crippen LogP contribution in [0.2, 0.25) is 0 Å². The second-order valence-electron chi connectivity index (χ2n) is 5.08. The Labute approximate surface area is 113 Å². The maximum absolute atomic E-state index is 5.45. The van der Waals surface area contributed by atoms with Crippen LogP contribution in [0.5, 0.6) is 0 Å². The van der Waals surface area contributed by atoms with Crippen LogP contribution in [0.3, 0.4) is 0 Å². The molecule has 1 aromatic rings. The van der Waals surface area contributed by atoms with Crippen LogP contribution in [0.1, 0.15) is 26.0 Å². The summed E-state index contributed by atoms with van der Waals surface area (Å²) in [5, 5.41) is 3.45. The Hall–Kier alpha value is -0.320. The summed E-state index contributed by atoms with van der Waals surface area (Å²) in [4.78, 5) is 2.28. The molecule has 17 heavy (non-hydrogen) atoms. The molecular weight excluding hydrogens is 280 g/mol. The van der Waals surface area contributed by atoms with E-state index in [9.17, 15) is 0 Å². The number of furan rings is 1. The minimum absolute atomic E-state index is 0.577. The Morgan fingerprint density at radius 3 is 2.53 bits per heavy atom. The third kappa shape index (κ3) is 5.70. The standard InChI is InChI=1S/C13H23BrN2O/c1-10(2)7-11(16(3)4)8-15-9-12-5-6-13(14)17-12/h5-6,10-11,15H,7-9H2,1-4H3. The molecule has 1 atom stereocenters. The van der Waals surface area contributed by atoms with Gasteiger partial charge in [0.15, 0.2) is 4.67 Å². The summed E-state index contributed by atoms with van der Waals surface area (Å²) >= 11 is 3.31. The van der Waals surface area contributed by atoms with Gasteiger partial charge in [0.05, 0.1) is 6.54 Å². The lowest BCUT2D eigenvalue weighted by molar-refractivity contribution is 0.245. The first-order valence-corrected chi connectivity index (χ1v) is 6.89. The summed E-state index contributed by atoms with van der Waals surface area (Å²) in [5.41, 5.74) is 0. The third-order valence-corrected chi connectivity index (χ3v) is 3.21. The molecular formula is C13H23BrN2O. The molecule has 1 unspecified atom stereocenters. The van der Waals surface area contributed by atoms with E-state index < -0.39 is 0 Å². The number of hydrogen-bond acceptors (Lipinski definition) is 3. The molecule has 0 aromatic carbocycles. The van der Waals surface area contributed by atoms with Crippen molar-refractivity contribution < 1.29 is 4.42 Å². The fourth-order valence-electron chi connectivity index (χ4n) is 1.83. The van der Waals surface area contributed by atoms with Crippen molar-refractivity contribution in [2.24, 2.45) is 5.92 Å². The highest BCUT2D eigenvalue weighted by Crippen LogP contribution is 2.14. The second-order valence-corrected chi connectivity index (χ2v) is 5.87. The molecule has 0 aliphatic carbocycles. The van der Waals surface area contributed by atoms with Gasteiger partial charge in [-0.2, -0.15) is 0 Å². The summed E-state index contributed by atoms with van der Waals surface area (Å²) in [6.45, 7) is 6.30. The summed E-state index contributed by atoms with van der Waals surface area (Å²) in [6, 6.07) is 4.49. The van der Waals surface area contributed by atoms with E-state index in [1.54, 1.807) is 0 Å². The molecule has 0 radical (unpaired) electrons. The van der Waals surface area contributed by atoms with Crippen molar-refractivity contribution in [3.05, 3.63) is 22.6 Å². The molecule has 0 bridgehead atoms. The zero-order chi connectivity index (χ0) is 12.8. The number of halogens is 1. The number of likely N-dealkylation sites (N-methyl/N-ethyl adjacent to an activating group) is 1. The van der Waals surface area contributed by atoms with E-state index in [1.165, 1.54) is 6.42 Å². The lowest BCUT2D eigenvalue weighted by atomic mass is 10.0. The zero-order valence-electron chi connectivity index (χ0n) is 11.2. The Morgan fingerprint density at radius 2 is 2.06 bits per heavy atom. The zero-order valence-corrected chi connectivity index (χ0v) is 12.8. The van der Waals surface area contributed by atoms with Crippen LogP contribution in [0.4, 0.5) is 0 Å². The van der Waals surface area contributed by atoms with E-state index >= 15 is 0 Å². The normalized spacial score (nSPS) is 13.6. The molecule has 0 aliphatic heterocycles. The minimum Gasteiger partial charge on any atom is -0.453 e. The van der Waals surface area contributed by atoms with Gasteiger partial charge >= 0.3 is 0 Å². The quantitative estimate of drug-likeness (QED) is 0.839. The van der Waals surface area contributed by atoms with Gasteiger partial charge in [-0.05, 0) is 54.5 Å². The van der Waals surface area contributed by atoms with Crippen molar-refractivity contribution in [1.29, 1.82) is 0 Å². The molecule has 0 spiro atoms. The van der Waals surface area contributed by atoms with Gasteiger partial charge in [0.25, 0.3) is 0 Å². The highest BCUT2D eigenvalue weighted by atomic mass is 79.9. The lowest BCUT2D eigenvalue weighted by Crippen LogP contribution is -2.38. The molecule has 98 valence electrons. The highest BCUT2D eigenvalue weighted by molar-refractivity contribution is 9.10. The molecule has 1 aromatic heterocycles. The Bertz CT molecular complexity index is 323. The third-order valence-electron chi connectivity index (χ3n) is 2.78. The molecule has 0 fully saturated rings. The summed E-state index contributed by atoms with van der Waals surface area (Å²) in [5.74, 6) is 1.70. The van der Waals surface area contributed by atoms with Crippen LogP contribution in [-0.2, 0) is 6.54 Å². The molecule has 0 aliphatic rings. The van der Waals surface area contributed by atoms with E-state index in [0.717, 1.165) is 29.4 Å². The molecule has 3 nitrogen and oxygen atoms in total. The fourth-order valence-corrected chi connectivity index (χ4v) is 2.17.